The van der Waals surface area contributed by atoms with E-state index in [0.29, 0.717) is 26.4 Å². The first-order valence-electron chi connectivity index (χ1n) is 6.25. The van der Waals surface area contributed by atoms with Gasteiger partial charge in [0.15, 0.2) is 0 Å². The van der Waals surface area contributed by atoms with Crippen LogP contribution in [0.2, 0.25) is 0 Å². The number of morpholine rings is 1. The van der Waals surface area contributed by atoms with Gasteiger partial charge in [0.25, 0.3) is 0 Å². The van der Waals surface area contributed by atoms with Gasteiger partial charge in [0.05, 0.1) is 25.9 Å². The molecular weight excluding hydrogens is 222 g/mol. The largest absolute Gasteiger partial charge is 0.462 e. The van der Waals surface area contributed by atoms with Crippen LogP contribution in [0.1, 0.15) is 20.8 Å². The number of hydrogen-bond donors (Lipinski definition) is 0. The molecule has 0 bridgehead atoms. The zero-order chi connectivity index (χ0) is 12.7. The van der Waals surface area contributed by atoms with Gasteiger partial charge < -0.3 is 14.2 Å². The van der Waals surface area contributed by atoms with Gasteiger partial charge in [0.1, 0.15) is 6.04 Å². The summed E-state index contributed by atoms with van der Waals surface area (Å²) in [6, 6.07) is -0.286. The van der Waals surface area contributed by atoms with Gasteiger partial charge >= 0.3 is 5.97 Å². The number of ether oxygens (including phenoxy) is 3. The molecule has 0 aromatic heterocycles. The average molecular weight is 245 g/mol. The van der Waals surface area contributed by atoms with Gasteiger partial charge in [0.2, 0.25) is 0 Å². The molecule has 0 amide bonds. The fourth-order valence-electron chi connectivity index (χ4n) is 1.76. The third-order valence-corrected chi connectivity index (χ3v) is 2.59. The number of esters is 1. The highest BCUT2D eigenvalue weighted by atomic mass is 16.5. The molecule has 1 rings (SSSR count). The molecule has 5 heteroatoms. The van der Waals surface area contributed by atoms with Crippen molar-refractivity contribution in [1.82, 2.24) is 4.90 Å². The lowest BCUT2D eigenvalue weighted by atomic mass is 10.2. The summed E-state index contributed by atoms with van der Waals surface area (Å²) in [5.74, 6) is -0.198. The highest BCUT2D eigenvalue weighted by Gasteiger charge is 2.30. The second kappa shape index (κ2) is 7.63. The maximum Gasteiger partial charge on any atom is 0.326 e. The van der Waals surface area contributed by atoms with Gasteiger partial charge in [-0.1, -0.05) is 0 Å². The third-order valence-electron chi connectivity index (χ3n) is 2.59. The van der Waals surface area contributed by atoms with Crippen LogP contribution >= 0.6 is 0 Å². The Labute approximate surface area is 103 Å². The summed E-state index contributed by atoms with van der Waals surface area (Å²) in [5.41, 5.74) is 0. The molecule has 0 N–H and O–H groups in total. The molecule has 1 saturated heterocycles. The van der Waals surface area contributed by atoms with E-state index in [4.69, 9.17) is 14.2 Å². The molecule has 17 heavy (non-hydrogen) atoms. The van der Waals surface area contributed by atoms with E-state index in [2.05, 4.69) is 4.90 Å². The third kappa shape index (κ3) is 5.02. The molecule has 5 nitrogen and oxygen atoms in total. The van der Waals surface area contributed by atoms with Crippen molar-refractivity contribution in [3.8, 4) is 0 Å². The molecule has 1 heterocycles. The predicted octanol–water partition coefficient (Wildman–Crippen LogP) is 0.675. The van der Waals surface area contributed by atoms with Crippen LogP contribution in [-0.2, 0) is 19.0 Å². The van der Waals surface area contributed by atoms with Gasteiger partial charge in [-0.2, -0.15) is 0 Å². The van der Waals surface area contributed by atoms with E-state index in [1.165, 1.54) is 0 Å². The minimum Gasteiger partial charge on any atom is -0.462 e. The summed E-state index contributed by atoms with van der Waals surface area (Å²) >= 11 is 0. The lowest BCUT2D eigenvalue weighted by Crippen LogP contribution is -2.51. The van der Waals surface area contributed by atoms with Crippen LogP contribution in [0.15, 0.2) is 0 Å². The number of nitrogens with zero attached hydrogens (tertiary/aromatic N) is 1. The topological polar surface area (TPSA) is 48.0 Å². The van der Waals surface area contributed by atoms with E-state index >= 15 is 0 Å². The van der Waals surface area contributed by atoms with Crippen LogP contribution in [0.3, 0.4) is 0 Å². The molecule has 1 aliphatic rings. The van der Waals surface area contributed by atoms with Crippen molar-refractivity contribution in [2.24, 2.45) is 0 Å². The summed E-state index contributed by atoms with van der Waals surface area (Å²) in [5, 5.41) is 0. The second-order valence-corrected chi connectivity index (χ2v) is 4.31. The van der Waals surface area contributed by atoms with Crippen LogP contribution in [0.25, 0.3) is 0 Å². The monoisotopic (exact) mass is 245 g/mol. The first-order valence-corrected chi connectivity index (χ1v) is 6.25. The Hall–Kier alpha value is -0.650. The molecule has 0 aromatic rings. The van der Waals surface area contributed by atoms with Gasteiger partial charge in [-0.05, 0) is 20.8 Å². The predicted molar refractivity (Wildman–Crippen MR) is 63.9 cm³/mol. The van der Waals surface area contributed by atoms with Crippen molar-refractivity contribution in [3.63, 3.8) is 0 Å². The van der Waals surface area contributed by atoms with E-state index in [0.717, 1.165) is 13.1 Å². The quantitative estimate of drug-likeness (QED) is 0.508. The molecule has 0 aromatic carbocycles. The molecule has 0 radical (unpaired) electrons. The van der Waals surface area contributed by atoms with Crippen molar-refractivity contribution in [2.75, 3.05) is 39.5 Å². The van der Waals surface area contributed by atoms with Crippen LogP contribution in [0.4, 0.5) is 0 Å². The van der Waals surface area contributed by atoms with Gasteiger partial charge in [0, 0.05) is 19.7 Å². The Morgan fingerprint density at radius 3 is 2.94 bits per heavy atom. The Bertz CT molecular complexity index is 233. The molecular formula is C12H23NO4. The summed E-state index contributed by atoms with van der Waals surface area (Å²) in [7, 11) is 0. The Morgan fingerprint density at radius 2 is 2.29 bits per heavy atom. The normalized spacial score (nSPS) is 21.8. The lowest BCUT2D eigenvalue weighted by Gasteiger charge is -2.34. The van der Waals surface area contributed by atoms with Crippen molar-refractivity contribution in [2.45, 2.75) is 32.9 Å². The molecule has 0 aliphatic carbocycles. The molecule has 1 atom stereocenters. The zero-order valence-corrected chi connectivity index (χ0v) is 11.0. The van der Waals surface area contributed by atoms with Crippen LogP contribution in [-0.4, -0.2) is 62.5 Å². The van der Waals surface area contributed by atoms with Crippen molar-refractivity contribution >= 4 is 5.97 Å². The zero-order valence-electron chi connectivity index (χ0n) is 11.0. The first kappa shape index (κ1) is 14.4. The highest BCUT2D eigenvalue weighted by molar-refractivity contribution is 5.76. The Morgan fingerprint density at radius 1 is 1.53 bits per heavy atom. The fourth-order valence-corrected chi connectivity index (χ4v) is 1.76. The Kier molecular flexibility index (Phi) is 6.47. The first-order chi connectivity index (χ1) is 8.15. The Balaban J connectivity index is 2.44. The molecule has 0 spiro atoms. The summed E-state index contributed by atoms with van der Waals surface area (Å²) in [6.45, 7) is 9.59. The number of carbonyl (C=O) groups excluding carboxylic acids is 1. The number of hydrogen-bond acceptors (Lipinski definition) is 5. The molecule has 0 unspecified atom stereocenters. The van der Waals surface area contributed by atoms with Crippen LogP contribution in [0.5, 0.6) is 0 Å². The smallest absolute Gasteiger partial charge is 0.326 e. The molecule has 1 fully saturated rings. The van der Waals surface area contributed by atoms with Crippen LogP contribution in [0, 0.1) is 0 Å². The van der Waals surface area contributed by atoms with Gasteiger partial charge in [-0.3, -0.25) is 9.69 Å². The molecule has 0 saturated carbocycles. The van der Waals surface area contributed by atoms with Gasteiger partial charge in [-0.15, -0.1) is 0 Å². The van der Waals surface area contributed by atoms with Crippen molar-refractivity contribution < 1.29 is 19.0 Å². The maximum absolute atomic E-state index is 11.9. The summed E-state index contributed by atoms with van der Waals surface area (Å²) in [6.07, 6.45) is -0.0850. The minimum atomic E-state index is -0.286. The molecule has 1 aliphatic heterocycles. The van der Waals surface area contributed by atoms with E-state index < -0.39 is 0 Å². The number of carbonyl (C=O) groups is 1. The van der Waals surface area contributed by atoms with E-state index in [1.807, 2.05) is 20.8 Å². The maximum atomic E-state index is 11.9. The minimum absolute atomic E-state index is 0.0850. The summed E-state index contributed by atoms with van der Waals surface area (Å²) in [4.78, 5) is 13.9. The lowest BCUT2D eigenvalue weighted by molar-refractivity contribution is -0.160. The van der Waals surface area contributed by atoms with Crippen LogP contribution < -0.4 is 0 Å². The highest BCUT2D eigenvalue weighted by Crippen LogP contribution is 2.09. The molecule has 100 valence electrons. The SMILES string of the molecule is CCOCCN1CCOC[C@@H]1C(=O)OC(C)C. The second-order valence-electron chi connectivity index (χ2n) is 4.31. The van der Waals surface area contributed by atoms with Crippen molar-refractivity contribution in [3.05, 3.63) is 0 Å². The average Bonchev–Trinajstić information content (AvgIpc) is 2.29. The van der Waals surface area contributed by atoms with E-state index in [9.17, 15) is 4.79 Å². The standard InChI is InChI=1S/C12H23NO4/c1-4-15-7-5-13-6-8-16-9-11(13)12(14)17-10(2)3/h10-11H,4-9H2,1-3H3/t11-/m1/s1. The van der Waals surface area contributed by atoms with Crippen molar-refractivity contribution in [1.29, 1.82) is 0 Å². The fraction of sp³-hybridized carbons (Fsp3) is 0.917. The number of rotatable bonds is 6. The van der Waals surface area contributed by atoms with E-state index in [-0.39, 0.29) is 18.1 Å². The summed E-state index contributed by atoms with van der Waals surface area (Å²) < 4.78 is 15.9. The van der Waals surface area contributed by atoms with E-state index in [1.54, 1.807) is 0 Å². The van der Waals surface area contributed by atoms with Gasteiger partial charge in [-0.25, -0.2) is 0 Å².